The standard InChI is InChI=1S/C16H24O3/c1-10-4-6-14(11(2)9-17)15-8-12(16(18)19-3)5-7-13(10)15/h8,11,14-15,17H,4-7,9H2,1-3H3/t11-,14+,15-/m1/s1. The Morgan fingerprint density at radius 1 is 1.47 bits per heavy atom. The van der Waals surface area contributed by atoms with Crippen molar-refractivity contribution in [2.45, 2.75) is 39.5 Å². The monoisotopic (exact) mass is 264 g/mol. The molecule has 3 nitrogen and oxygen atoms in total. The Kier molecular flexibility index (Phi) is 4.46. The molecule has 3 heteroatoms. The largest absolute Gasteiger partial charge is 0.466 e. The van der Waals surface area contributed by atoms with E-state index in [1.807, 2.05) is 0 Å². The molecule has 1 N–H and O–H groups in total. The minimum Gasteiger partial charge on any atom is -0.466 e. The zero-order valence-electron chi connectivity index (χ0n) is 12.1. The van der Waals surface area contributed by atoms with Crippen LogP contribution in [0.15, 0.2) is 22.8 Å². The maximum atomic E-state index is 11.7. The van der Waals surface area contributed by atoms with Gasteiger partial charge in [-0.1, -0.05) is 24.1 Å². The van der Waals surface area contributed by atoms with Crippen LogP contribution in [0.25, 0.3) is 0 Å². The maximum absolute atomic E-state index is 11.7. The Labute approximate surface area is 115 Å². The van der Waals surface area contributed by atoms with Crippen molar-refractivity contribution in [2.24, 2.45) is 17.8 Å². The van der Waals surface area contributed by atoms with Gasteiger partial charge in [-0.15, -0.1) is 0 Å². The fourth-order valence-electron chi connectivity index (χ4n) is 3.51. The number of aliphatic hydroxyl groups excluding tert-OH is 1. The van der Waals surface area contributed by atoms with Crippen molar-refractivity contribution < 1.29 is 14.6 Å². The van der Waals surface area contributed by atoms with E-state index in [-0.39, 0.29) is 18.5 Å². The van der Waals surface area contributed by atoms with E-state index in [0.717, 1.165) is 31.3 Å². The summed E-state index contributed by atoms with van der Waals surface area (Å²) in [6.45, 7) is 4.53. The molecule has 0 radical (unpaired) electrons. The average Bonchev–Trinajstić information content (AvgIpc) is 2.45. The van der Waals surface area contributed by atoms with Gasteiger partial charge in [-0.05, 0) is 44.4 Å². The molecular weight excluding hydrogens is 240 g/mol. The first kappa shape index (κ1) is 14.3. The molecule has 2 aliphatic carbocycles. The van der Waals surface area contributed by atoms with Gasteiger partial charge in [0.05, 0.1) is 7.11 Å². The van der Waals surface area contributed by atoms with Crippen molar-refractivity contribution in [2.75, 3.05) is 13.7 Å². The van der Waals surface area contributed by atoms with E-state index in [1.165, 1.54) is 18.3 Å². The quantitative estimate of drug-likeness (QED) is 0.630. The average molecular weight is 264 g/mol. The number of hydrogen-bond acceptors (Lipinski definition) is 3. The van der Waals surface area contributed by atoms with Crippen LogP contribution in [0, 0.1) is 17.8 Å². The molecule has 0 aromatic rings. The number of hydrogen-bond donors (Lipinski definition) is 1. The van der Waals surface area contributed by atoms with Crippen LogP contribution in [0.2, 0.25) is 0 Å². The highest BCUT2D eigenvalue weighted by Crippen LogP contribution is 2.44. The molecule has 0 amide bonds. The molecule has 0 aromatic carbocycles. The third-order valence-electron chi connectivity index (χ3n) is 4.78. The predicted octanol–water partition coefficient (Wildman–Crippen LogP) is 2.85. The van der Waals surface area contributed by atoms with Crippen molar-refractivity contribution in [1.29, 1.82) is 0 Å². The fraction of sp³-hybridized carbons (Fsp3) is 0.688. The van der Waals surface area contributed by atoms with Gasteiger partial charge < -0.3 is 9.84 Å². The van der Waals surface area contributed by atoms with Crippen molar-refractivity contribution in [3.63, 3.8) is 0 Å². The van der Waals surface area contributed by atoms with Crippen LogP contribution in [0.3, 0.4) is 0 Å². The normalized spacial score (nSPS) is 28.5. The third-order valence-corrected chi connectivity index (χ3v) is 4.78. The van der Waals surface area contributed by atoms with Gasteiger partial charge in [0.15, 0.2) is 0 Å². The lowest BCUT2D eigenvalue weighted by molar-refractivity contribution is -0.136. The lowest BCUT2D eigenvalue weighted by Crippen LogP contribution is -2.31. The van der Waals surface area contributed by atoms with Crippen LogP contribution < -0.4 is 0 Å². The Balaban J connectivity index is 2.32. The van der Waals surface area contributed by atoms with Crippen LogP contribution >= 0.6 is 0 Å². The van der Waals surface area contributed by atoms with Crippen LogP contribution in [0.4, 0.5) is 0 Å². The molecule has 3 atom stereocenters. The van der Waals surface area contributed by atoms with E-state index >= 15 is 0 Å². The fourth-order valence-corrected chi connectivity index (χ4v) is 3.51. The first-order valence-electron chi connectivity index (χ1n) is 7.16. The van der Waals surface area contributed by atoms with Gasteiger partial charge in [-0.25, -0.2) is 4.79 Å². The summed E-state index contributed by atoms with van der Waals surface area (Å²) in [6.07, 6.45) is 6.08. The van der Waals surface area contributed by atoms with E-state index in [0.29, 0.717) is 11.8 Å². The molecule has 0 saturated carbocycles. The molecule has 0 bridgehead atoms. The number of aliphatic hydroxyl groups is 1. The number of carbonyl (C=O) groups excluding carboxylic acids is 1. The molecule has 0 fully saturated rings. The smallest absolute Gasteiger partial charge is 0.333 e. The second-order valence-corrected chi connectivity index (χ2v) is 5.88. The molecule has 0 aromatic heterocycles. The zero-order chi connectivity index (χ0) is 14.0. The van der Waals surface area contributed by atoms with Gasteiger partial charge in [0.25, 0.3) is 0 Å². The van der Waals surface area contributed by atoms with Crippen molar-refractivity contribution in [3.8, 4) is 0 Å². The topological polar surface area (TPSA) is 46.5 Å². The number of carbonyl (C=O) groups is 1. The lowest BCUT2D eigenvalue weighted by Gasteiger charge is -2.39. The van der Waals surface area contributed by atoms with E-state index in [4.69, 9.17) is 4.74 Å². The minimum atomic E-state index is -0.197. The van der Waals surface area contributed by atoms with Crippen molar-refractivity contribution >= 4 is 5.97 Å². The number of allylic oxidation sites excluding steroid dienone is 3. The maximum Gasteiger partial charge on any atom is 0.333 e. The van der Waals surface area contributed by atoms with Gasteiger partial charge in [0.1, 0.15) is 0 Å². The second-order valence-electron chi connectivity index (χ2n) is 5.88. The van der Waals surface area contributed by atoms with Crippen LogP contribution in [-0.2, 0) is 9.53 Å². The van der Waals surface area contributed by atoms with E-state index in [1.54, 1.807) is 0 Å². The Hall–Kier alpha value is -1.09. The lowest BCUT2D eigenvalue weighted by atomic mass is 9.66. The Bertz CT molecular complexity index is 420. The van der Waals surface area contributed by atoms with Gasteiger partial charge in [-0.2, -0.15) is 0 Å². The van der Waals surface area contributed by atoms with E-state index < -0.39 is 0 Å². The van der Waals surface area contributed by atoms with Gasteiger partial charge in [0, 0.05) is 18.1 Å². The first-order valence-corrected chi connectivity index (χ1v) is 7.16. The van der Waals surface area contributed by atoms with E-state index in [9.17, 15) is 9.90 Å². The summed E-state index contributed by atoms with van der Waals surface area (Å²) in [5, 5.41) is 9.44. The van der Waals surface area contributed by atoms with Crippen LogP contribution in [-0.4, -0.2) is 24.8 Å². The first-order chi connectivity index (χ1) is 9.08. The Morgan fingerprint density at radius 2 is 2.21 bits per heavy atom. The molecule has 19 heavy (non-hydrogen) atoms. The highest BCUT2D eigenvalue weighted by atomic mass is 16.5. The second kappa shape index (κ2) is 5.91. The number of fused-ring (bicyclic) bond motifs is 1. The molecule has 106 valence electrons. The molecular formula is C16H24O3. The molecule has 0 heterocycles. The van der Waals surface area contributed by atoms with Gasteiger partial charge >= 0.3 is 5.97 Å². The summed E-state index contributed by atoms with van der Waals surface area (Å²) in [5.74, 6) is 0.849. The summed E-state index contributed by atoms with van der Waals surface area (Å²) in [5.41, 5.74) is 3.77. The van der Waals surface area contributed by atoms with Crippen LogP contribution in [0.1, 0.15) is 39.5 Å². The number of esters is 1. The molecule has 2 rings (SSSR count). The highest BCUT2D eigenvalue weighted by molar-refractivity contribution is 5.88. The Morgan fingerprint density at radius 3 is 2.84 bits per heavy atom. The van der Waals surface area contributed by atoms with Crippen LogP contribution in [0.5, 0.6) is 0 Å². The number of rotatable bonds is 3. The SMILES string of the molecule is COC(=O)C1=C[C@@H]2C(=C(C)CC[C@H]2[C@H](C)CO)CC1. The summed E-state index contributed by atoms with van der Waals surface area (Å²) >= 11 is 0. The summed E-state index contributed by atoms with van der Waals surface area (Å²) in [4.78, 5) is 11.7. The molecule has 0 saturated heterocycles. The molecule has 2 aliphatic rings. The van der Waals surface area contributed by atoms with Crippen molar-refractivity contribution in [3.05, 3.63) is 22.8 Å². The summed E-state index contributed by atoms with van der Waals surface area (Å²) in [6, 6.07) is 0. The predicted molar refractivity (Wildman–Crippen MR) is 74.5 cm³/mol. The third kappa shape index (κ3) is 2.76. The number of ether oxygens (including phenoxy) is 1. The van der Waals surface area contributed by atoms with Gasteiger partial charge in [-0.3, -0.25) is 0 Å². The zero-order valence-corrected chi connectivity index (χ0v) is 12.1. The minimum absolute atomic E-state index is 0.197. The number of methoxy groups -OCH3 is 1. The molecule has 0 aliphatic heterocycles. The highest BCUT2D eigenvalue weighted by Gasteiger charge is 2.35. The molecule has 0 unspecified atom stereocenters. The van der Waals surface area contributed by atoms with E-state index in [2.05, 4.69) is 19.9 Å². The summed E-state index contributed by atoms with van der Waals surface area (Å²) in [7, 11) is 1.44. The van der Waals surface area contributed by atoms with Gasteiger partial charge in [0.2, 0.25) is 0 Å². The molecule has 0 spiro atoms. The summed E-state index contributed by atoms with van der Waals surface area (Å²) < 4.78 is 4.85. The van der Waals surface area contributed by atoms with Crippen molar-refractivity contribution in [1.82, 2.24) is 0 Å².